The van der Waals surface area contributed by atoms with Gasteiger partial charge in [-0.2, -0.15) is 4.98 Å². The van der Waals surface area contributed by atoms with Crippen LogP contribution < -0.4 is 5.56 Å². The summed E-state index contributed by atoms with van der Waals surface area (Å²) in [6.45, 7) is 5.87. The Morgan fingerprint density at radius 3 is 2.74 bits per heavy atom. The van der Waals surface area contributed by atoms with Gasteiger partial charge in [0.2, 0.25) is 5.95 Å². The van der Waals surface area contributed by atoms with Crippen molar-refractivity contribution in [2.75, 3.05) is 14.1 Å². The quantitative estimate of drug-likeness (QED) is 0.653. The Balaban J connectivity index is 2.63. The van der Waals surface area contributed by atoms with Gasteiger partial charge in [-0.1, -0.05) is 0 Å². The number of imidazole rings is 1. The van der Waals surface area contributed by atoms with E-state index < -0.39 is 0 Å². The van der Waals surface area contributed by atoms with Gasteiger partial charge in [0.15, 0.2) is 11.2 Å². The Morgan fingerprint density at radius 2 is 2.16 bits per heavy atom. The predicted octanol–water partition coefficient (Wildman–Crippen LogP) is 1.31. The molecule has 2 aromatic heterocycles. The van der Waals surface area contributed by atoms with Crippen molar-refractivity contribution in [3.63, 3.8) is 0 Å². The Morgan fingerprint density at radius 1 is 1.47 bits per heavy atom. The minimum Gasteiger partial charge on any atom is -0.366 e. The summed E-state index contributed by atoms with van der Waals surface area (Å²) in [5.41, 5.74) is 0.633. The molecule has 0 saturated heterocycles. The molecule has 19 heavy (non-hydrogen) atoms. The lowest BCUT2D eigenvalue weighted by Gasteiger charge is -2.10. The van der Waals surface area contributed by atoms with Crippen LogP contribution in [0.25, 0.3) is 11.2 Å². The normalized spacial score (nSPS) is 12.4. The number of nitrogens with zero attached hydrogens (tertiary/aromatic N) is 5. The van der Waals surface area contributed by atoms with Gasteiger partial charge < -0.3 is 9.47 Å². The lowest BCUT2D eigenvalue weighted by atomic mass is 10.4. The SMILES string of the molecule is C/C(=N\c1nc2c(ncn2C(C)C)c(=O)[nH]1)N(C)C. The van der Waals surface area contributed by atoms with Crippen LogP contribution in [0.2, 0.25) is 0 Å². The number of fused-ring (bicyclic) bond motifs is 1. The van der Waals surface area contributed by atoms with E-state index in [1.54, 1.807) is 6.33 Å². The summed E-state index contributed by atoms with van der Waals surface area (Å²) in [4.78, 5) is 29.2. The highest BCUT2D eigenvalue weighted by molar-refractivity contribution is 5.81. The molecule has 0 aliphatic carbocycles. The largest absolute Gasteiger partial charge is 0.366 e. The predicted molar refractivity (Wildman–Crippen MR) is 75.0 cm³/mol. The van der Waals surface area contributed by atoms with Crippen LogP contribution in [0.5, 0.6) is 0 Å². The van der Waals surface area contributed by atoms with E-state index >= 15 is 0 Å². The lowest BCUT2D eigenvalue weighted by molar-refractivity contribution is 0.611. The molecule has 0 aromatic carbocycles. The van der Waals surface area contributed by atoms with Crippen LogP contribution in [0.4, 0.5) is 5.95 Å². The van der Waals surface area contributed by atoms with Crippen LogP contribution in [0.1, 0.15) is 26.8 Å². The number of hydrogen-bond donors (Lipinski definition) is 1. The average molecular weight is 262 g/mol. The first-order valence-corrected chi connectivity index (χ1v) is 6.09. The van der Waals surface area contributed by atoms with Gasteiger partial charge in [0.1, 0.15) is 5.84 Å². The molecule has 2 aromatic rings. The Hall–Kier alpha value is -2.18. The third-order valence-corrected chi connectivity index (χ3v) is 2.89. The van der Waals surface area contributed by atoms with Crippen molar-refractivity contribution in [2.45, 2.75) is 26.8 Å². The maximum atomic E-state index is 11.9. The second kappa shape index (κ2) is 4.83. The smallest absolute Gasteiger partial charge is 0.280 e. The molecule has 0 spiro atoms. The van der Waals surface area contributed by atoms with Gasteiger partial charge in [0.05, 0.1) is 6.33 Å². The van der Waals surface area contributed by atoms with E-state index in [4.69, 9.17) is 0 Å². The van der Waals surface area contributed by atoms with Crippen LogP contribution in [0, 0.1) is 0 Å². The second-order valence-electron chi connectivity index (χ2n) is 4.86. The molecule has 2 rings (SSSR count). The summed E-state index contributed by atoms with van der Waals surface area (Å²) < 4.78 is 1.86. The average Bonchev–Trinajstić information content (AvgIpc) is 2.72. The molecule has 0 aliphatic heterocycles. The van der Waals surface area contributed by atoms with Crippen molar-refractivity contribution in [1.82, 2.24) is 24.4 Å². The van der Waals surface area contributed by atoms with Gasteiger partial charge in [-0.05, 0) is 20.8 Å². The van der Waals surface area contributed by atoms with Gasteiger partial charge in [-0.3, -0.25) is 9.78 Å². The molecule has 7 nitrogen and oxygen atoms in total. The number of aromatic amines is 1. The number of aliphatic imine (C=N–C) groups is 1. The highest BCUT2D eigenvalue weighted by atomic mass is 16.1. The standard InChI is InChI=1S/C12H18N6O/c1-7(2)18-6-13-9-10(18)15-12(16-11(9)19)14-8(3)17(4)5/h6-7H,1-5H3,(H,15,16,19)/b14-8+. The van der Waals surface area contributed by atoms with Crippen molar-refractivity contribution in [3.05, 3.63) is 16.7 Å². The fourth-order valence-electron chi connectivity index (χ4n) is 1.60. The number of aromatic nitrogens is 4. The third kappa shape index (κ3) is 2.49. The molecular formula is C12H18N6O. The number of rotatable bonds is 2. The molecule has 2 heterocycles. The number of hydrogen-bond acceptors (Lipinski definition) is 4. The zero-order valence-corrected chi connectivity index (χ0v) is 11.8. The van der Waals surface area contributed by atoms with Crippen molar-refractivity contribution >= 4 is 22.9 Å². The first-order chi connectivity index (χ1) is 8.90. The highest BCUT2D eigenvalue weighted by Crippen LogP contribution is 2.14. The Labute approximate surface area is 111 Å². The minimum absolute atomic E-state index is 0.186. The molecule has 0 unspecified atom stereocenters. The maximum absolute atomic E-state index is 11.9. The summed E-state index contributed by atoms with van der Waals surface area (Å²) >= 11 is 0. The Kier molecular flexibility index (Phi) is 3.37. The fourth-order valence-corrected chi connectivity index (χ4v) is 1.60. The van der Waals surface area contributed by atoms with Crippen molar-refractivity contribution in [1.29, 1.82) is 0 Å². The van der Waals surface area contributed by atoms with Crippen LogP contribution in [-0.2, 0) is 0 Å². The molecule has 0 aliphatic rings. The topological polar surface area (TPSA) is 79.2 Å². The third-order valence-electron chi connectivity index (χ3n) is 2.89. The van der Waals surface area contributed by atoms with Crippen molar-refractivity contribution in [3.8, 4) is 0 Å². The van der Waals surface area contributed by atoms with Gasteiger partial charge in [0, 0.05) is 20.1 Å². The zero-order valence-electron chi connectivity index (χ0n) is 11.8. The number of amidine groups is 1. The van der Waals surface area contributed by atoms with E-state index in [2.05, 4.69) is 19.9 Å². The van der Waals surface area contributed by atoms with Crippen LogP contribution >= 0.6 is 0 Å². The Bertz CT molecular complexity index is 679. The molecule has 0 fully saturated rings. The molecule has 0 saturated carbocycles. The minimum atomic E-state index is -0.269. The zero-order chi connectivity index (χ0) is 14.2. The molecule has 0 amide bonds. The monoisotopic (exact) mass is 262 g/mol. The first kappa shape index (κ1) is 13.3. The van der Waals surface area contributed by atoms with E-state index in [0.29, 0.717) is 17.1 Å². The van der Waals surface area contributed by atoms with E-state index in [9.17, 15) is 4.79 Å². The van der Waals surface area contributed by atoms with E-state index in [0.717, 1.165) is 5.84 Å². The lowest BCUT2D eigenvalue weighted by Crippen LogP contribution is -2.18. The molecule has 0 radical (unpaired) electrons. The van der Waals surface area contributed by atoms with Gasteiger partial charge in [0.25, 0.3) is 5.56 Å². The summed E-state index contributed by atoms with van der Waals surface area (Å²) in [5, 5.41) is 0. The number of nitrogens with one attached hydrogen (secondary N) is 1. The molecule has 7 heteroatoms. The molecular weight excluding hydrogens is 244 g/mol. The van der Waals surface area contributed by atoms with E-state index in [-0.39, 0.29) is 11.6 Å². The van der Waals surface area contributed by atoms with Crippen LogP contribution in [0.3, 0.4) is 0 Å². The van der Waals surface area contributed by atoms with Gasteiger partial charge in [-0.15, -0.1) is 0 Å². The van der Waals surface area contributed by atoms with Crippen LogP contribution in [-0.4, -0.2) is 44.3 Å². The maximum Gasteiger partial charge on any atom is 0.280 e. The van der Waals surface area contributed by atoms with E-state index in [1.807, 2.05) is 44.3 Å². The molecule has 0 atom stereocenters. The summed E-state index contributed by atoms with van der Waals surface area (Å²) in [7, 11) is 3.77. The van der Waals surface area contributed by atoms with Crippen molar-refractivity contribution < 1.29 is 0 Å². The summed E-state index contributed by atoms with van der Waals surface area (Å²) in [5.74, 6) is 1.06. The van der Waals surface area contributed by atoms with Crippen molar-refractivity contribution in [2.24, 2.45) is 4.99 Å². The molecule has 102 valence electrons. The second-order valence-corrected chi connectivity index (χ2v) is 4.86. The number of H-pyrrole nitrogens is 1. The van der Waals surface area contributed by atoms with Crippen LogP contribution in [0.15, 0.2) is 16.1 Å². The van der Waals surface area contributed by atoms with E-state index in [1.165, 1.54) is 0 Å². The highest BCUT2D eigenvalue weighted by Gasteiger charge is 2.11. The molecule has 1 N–H and O–H groups in total. The van der Waals surface area contributed by atoms with Gasteiger partial charge >= 0.3 is 0 Å². The summed E-state index contributed by atoms with van der Waals surface area (Å²) in [6.07, 6.45) is 1.63. The summed E-state index contributed by atoms with van der Waals surface area (Å²) in [6, 6.07) is 0.186. The van der Waals surface area contributed by atoms with Gasteiger partial charge in [-0.25, -0.2) is 9.98 Å². The molecule has 0 bridgehead atoms. The first-order valence-electron chi connectivity index (χ1n) is 6.09. The fraction of sp³-hybridized carbons (Fsp3) is 0.500.